The molecule has 1 saturated carbocycles. The fraction of sp³-hybridized carbons (Fsp3) is 0.292. The van der Waals surface area contributed by atoms with Crippen molar-refractivity contribution in [3.63, 3.8) is 0 Å². The van der Waals surface area contributed by atoms with E-state index in [-0.39, 0.29) is 0 Å². The first-order valence-electron chi connectivity index (χ1n) is 9.40. The van der Waals surface area contributed by atoms with E-state index >= 15 is 0 Å². The molecular weight excluding hydrogens is 350 g/mol. The molecule has 1 fully saturated rings. The Morgan fingerprint density at radius 3 is 2.07 bits per heavy atom. The molecule has 0 heterocycles. The summed E-state index contributed by atoms with van der Waals surface area (Å²) < 4.78 is 16.3. The van der Waals surface area contributed by atoms with Gasteiger partial charge < -0.3 is 14.2 Å². The second-order valence-electron chi connectivity index (χ2n) is 6.72. The maximum Gasteiger partial charge on any atom is 0.161 e. The van der Waals surface area contributed by atoms with Crippen molar-refractivity contribution >= 4 is 11.6 Å². The molecular formula is C24H25NO3. The van der Waals surface area contributed by atoms with Crippen molar-refractivity contribution < 1.29 is 14.2 Å². The zero-order chi connectivity index (χ0) is 19.9. The van der Waals surface area contributed by atoms with Gasteiger partial charge >= 0.3 is 0 Å². The van der Waals surface area contributed by atoms with Crippen LogP contribution in [0.4, 0.5) is 0 Å². The lowest BCUT2D eigenvalue weighted by Crippen LogP contribution is -1.95. The monoisotopic (exact) mass is 375 g/mol. The average molecular weight is 375 g/mol. The smallest absolute Gasteiger partial charge is 0.161 e. The Labute approximate surface area is 166 Å². The number of rotatable bonds is 6. The van der Waals surface area contributed by atoms with Gasteiger partial charge in [-0.3, -0.25) is 0 Å². The third-order valence-electron chi connectivity index (χ3n) is 5.05. The standard InChI is InChI=1S/C24H25NO3/c1-26-22-10-8-18(15-20(22)14-17-6-4-5-7-17)21(12-13-25)19-9-11-23(27-2)24(16-19)28-3/h8-12,14-16H,4-7H2,1-3H3/b21-12-. The van der Waals surface area contributed by atoms with Crippen molar-refractivity contribution in [1.29, 1.82) is 5.26 Å². The Morgan fingerprint density at radius 2 is 1.46 bits per heavy atom. The van der Waals surface area contributed by atoms with E-state index < -0.39 is 0 Å². The minimum Gasteiger partial charge on any atom is -0.496 e. The fourth-order valence-corrected chi connectivity index (χ4v) is 3.61. The van der Waals surface area contributed by atoms with E-state index in [1.165, 1.54) is 18.4 Å². The molecule has 4 heteroatoms. The normalized spacial score (nSPS) is 13.8. The van der Waals surface area contributed by atoms with Crippen molar-refractivity contribution in [2.45, 2.75) is 25.7 Å². The van der Waals surface area contributed by atoms with E-state index in [0.717, 1.165) is 40.9 Å². The predicted octanol–water partition coefficient (Wildman–Crippen LogP) is 5.63. The first-order chi connectivity index (χ1) is 13.7. The molecule has 1 aliphatic rings. The van der Waals surface area contributed by atoms with E-state index in [0.29, 0.717) is 11.5 Å². The van der Waals surface area contributed by atoms with E-state index in [1.807, 2.05) is 30.3 Å². The van der Waals surface area contributed by atoms with Crippen LogP contribution in [0.3, 0.4) is 0 Å². The van der Waals surface area contributed by atoms with Gasteiger partial charge in [-0.25, -0.2) is 0 Å². The minimum atomic E-state index is 0.630. The highest BCUT2D eigenvalue weighted by Crippen LogP contribution is 2.35. The van der Waals surface area contributed by atoms with Crippen LogP contribution in [0.15, 0.2) is 48.0 Å². The van der Waals surface area contributed by atoms with E-state index in [2.05, 4.69) is 18.2 Å². The van der Waals surface area contributed by atoms with Gasteiger partial charge in [0.25, 0.3) is 0 Å². The molecule has 3 rings (SSSR count). The number of ether oxygens (including phenoxy) is 3. The van der Waals surface area contributed by atoms with E-state index in [1.54, 1.807) is 27.4 Å². The summed E-state index contributed by atoms with van der Waals surface area (Å²) in [5, 5.41) is 9.37. The predicted molar refractivity (Wildman–Crippen MR) is 112 cm³/mol. The number of methoxy groups -OCH3 is 3. The van der Waals surface area contributed by atoms with Gasteiger partial charge in [0.2, 0.25) is 0 Å². The number of nitriles is 1. The highest BCUT2D eigenvalue weighted by molar-refractivity contribution is 5.83. The highest BCUT2D eigenvalue weighted by Gasteiger charge is 2.13. The minimum absolute atomic E-state index is 0.630. The van der Waals surface area contributed by atoms with E-state index in [4.69, 9.17) is 14.2 Å². The number of allylic oxidation sites excluding steroid dienone is 2. The van der Waals surface area contributed by atoms with Crippen molar-refractivity contribution in [1.82, 2.24) is 0 Å². The lowest BCUT2D eigenvalue weighted by atomic mass is 9.95. The molecule has 2 aromatic carbocycles. The first kappa shape index (κ1) is 19.6. The van der Waals surface area contributed by atoms with Crippen LogP contribution < -0.4 is 14.2 Å². The summed E-state index contributed by atoms with van der Waals surface area (Å²) in [6.07, 6.45) is 8.58. The molecule has 0 amide bonds. The van der Waals surface area contributed by atoms with Crippen LogP contribution in [0, 0.1) is 11.3 Å². The molecule has 0 spiro atoms. The summed E-state index contributed by atoms with van der Waals surface area (Å²) in [6, 6.07) is 13.9. The quantitative estimate of drug-likeness (QED) is 0.615. The lowest BCUT2D eigenvalue weighted by Gasteiger charge is -2.14. The number of benzene rings is 2. The second-order valence-corrected chi connectivity index (χ2v) is 6.72. The maximum absolute atomic E-state index is 9.37. The molecule has 0 saturated heterocycles. The van der Waals surface area contributed by atoms with Crippen molar-refractivity contribution in [3.05, 3.63) is 64.7 Å². The Morgan fingerprint density at radius 1 is 0.857 bits per heavy atom. The number of nitrogens with zero attached hydrogens (tertiary/aromatic N) is 1. The molecule has 0 N–H and O–H groups in total. The molecule has 0 aromatic heterocycles. The van der Waals surface area contributed by atoms with Crippen LogP contribution in [0.1, 0.15) is 42.4 Å². The first-order valence-corrected chi connectivity index (χ1v) is 9.40. The van der Waals surface area contributed by atoms with Gasteiger partial charge in [-0.2, -0.15) is 5.26 Å². The largest absolute Gasteiger partial charge is 0.496 e. The zero-order valence-corrected chi connectivity index (χ0v) is 16.6. The van der Waals surface area contributed by atoms with Gasteiger partial charge in [0.05, 0.1) is 27.4 Å². The number of hydrogen-bond donors (Lipinski definition) is 0. The fourth-order valence-electron chi connectivity index (χ4n) is 3.61. The summed E-state index contributed by atoms with van der Waals surface area (Å²) in [5.74, 6) is 2.13. The Hall–Kier alpha value is -3.19. The third kappa shape index (κ3) is 4.20. The molecule has 144 valence electrons. The lowest BCUT2D eigenvalue weighted by molar-refractivity contribution is 0.355. The Kier molecular flexibility index (Phi) is 6.39. The van der Waals surface area contributed by atoms with Crippen molar-refractivity contribution in [2.24, 2.45) is 0 Å². The molecule has 0 bridgehead atoms. The van der Waals surface area contributed by atoms with Gasteiger partial charge in [-0.15, -0.1) is 0 Å². The Bertz CT molecular complexity index is 943. The summed E-state index contributed by atoms with van der Waals surface area (Å²) in [5.41, 5.74) is 5.18. The van der Waals surface area contributed by atoms with Crippen LogP contribution in [0.5, 0.6) is 17.2 Å². The van der Waals surface area contributed by atoms with Crippen LogP contribution in [0.2, 0.25) is 0 Å². The van der Waals surface area contributed by atoms with Crippen LogP contribution in [0.25, 0.3) is 11.6 Å². The van der Waals surface area contributed by atoms with Gasteiger partial charge in [0.1, 0.15) is 5.75 Å². The van der Waals surface area contributed by atoms with Crippen LogP contribution in [-0.4, -0.2) is 21.3 Å². The molecule has 0 unspecified atom stereocenters. The Balaban J connectivity index is 2.07. The topological polar surface area (TPSA) is 51.5 Å². The van der Waals surface area contributed by atoms with Crippen LogP contribution in [-0.2, 0) is 0 Å². The average Bonchev–Trinajstić information content (AvgIpc) is 3.24. The van der Waals surface area contributed by atoms with Crippen molar-refractivity contribution in [3.8, 4) is 23.3 Å². The molecule has 4 nitrogen and oxygen atoms in total. The van der Waals surface area contributed by atoms with E-state index in [9.17, 15) is 5.26 Å². The molecule has 2 aromatic rings. The summed E-state index contributed by atoms with van der Waals surface area (Å²) in [4.78, 5) is 0. The molecule has 0 atom stereocenters. The maximum atomic E-state index is 9.37. The van der Waals surface area contributed by atoms with Crippen LogP contribution >= 0.6 is 0 Å². The molecule has 1 aliphatic carbocycles. The SMILES string of the molecule is COc1ccc(/C(=C/C#N)c2ccc(OC)c(OC)c2)cc1C=C1CCCC1. The summed E-state index contributed by atoms with van der Waals surface area (Å²) in [6.45, 7) is 0. The molecule has 0 aliphatic heterocycles. The molecule has 28 heavy (non-hydrogen) atoms. The van der Waals surface area contributed by atoms with Gasteiger partial charge in [0.15, 0.2) is 11.5 Å². The second kappa shape index (κ2) is 9.14. The number of hydrogen-bond acceptors (Lipinski definition) is 4. The molecule has 0 radical (unpaired) electrons. The van der Waals surface area contributed by atoms with Crippen molar-refractivity contribution in [2.75, 3.05) is 21.3 Å². The zero-order valence-electron chi connectivity index (χ0n) is 16.6. The van der Waals surface area contributed by atoms with Gasteiger partial charge in [-0.05, 0) is 66.6 Å². The van der Waals surface area contributed by atoms with Gasteiger partial charge in [-0.1, -0.05) is 23.8 Å². The highest BCUT2D eigenvalue weighted by atomic mass is 16.5. The summed E-state index contributed by atoms with van der Waals surface area (Å²) in [7, 11) is 4.90. The van der Waals surface area contributed by atoms with Gasteiger partial charge in [0, 0.05) is 11.6 Å². The third-order valence-corrected chi connectivity index (χ3v) is 5.05. The summed E-state index contributed by atoms with van der Waals surface area (Å²) >= 11 is 0.